The van der Waals surface area contributed by atoms with Gasteiger partial charge in [-0.15, -0.1) is 0 Å². The van der Waals surface area contributed by atoms with Crippen LogP contribution in [-0.2, 0) is 33.2 Å². The molecule has 0 fully saturated rings. The molecule has 0 atom stereocenters. The molecule has 0 aliphatic rings. The Morgan fingerprint density at radius 3 is 2.50 bits per heavy atom. The van der Waals surface area contributed by atoms with E-state index >= 15 is 0 Å². The van der Waals surface area contributed by atoms with Crippen molar-refractivity contribution in [2.75, 3.05) is 6.54 Å². The van der Waals surface area contributed by atoms with Crippen LogP contribution < -0.4 is 4.72 Å². The number of esters is 1. The van der Waals surface area contributed by atoms with Gasteiger partial charge in [-0.2, -0.15) is 0 Å². The van der Waals surface area contributed by atoms with Crippen molar-refractivity contribution in [3.05, 3.63) is 47.4 Å². The van der Waals surface area contributed by atoms with Gasteiger partial charge in [0.1, 0.15) is 12.4 Å². The van der Waals surface area contributed by atoms with Gasteiger partial charge in [0.05, 0.1) is 6.42 Å². The highest BCUT2D eigenvalue weighted by molar-refractivity contribution is 7.89. The molecule has 0 unspecified atom stereocenters. The standard InChI is InChI=1S/C16H21N3O4S/c1-12-4-6-14(7-5-12)11-23-16(20)8-9-17-24(21,22)15-10-19(3)13(2)18-15/h4-7,10,17H,8-9,11H2,1-3H3. The number of imidazole rings is 1. The fourth-order valence-electron chi connectivity index (χ4n) is 1.94. The van der Waals surface area contributed by atoms with Gasteiger partial charge in [-0.3, -0.25) is 4.79 Å². The molecule has 24 heavy (non-hydrogen) atoms. The molecule has 0 amide bonds. The lowest BCUT2D eigenvalue weighted by atomic mass is 10.2. The average molecular weight is 351 g/mol. The maximum Gasteiger partial charge on any atom is 0.307 e. The third kappa shape index (κ3) is 4.90. The van der Waals surface area contributed by atoms with Crippen LogP contribution in [0.4, 0.5) is 0 Å². The zero-order valence-corrected chi connectivity index (χ0v) is 14.8. The minimum absolute atomic E-state index is 0.0370. The molecule has 0 saturated carbocycles. The molecule has 1 heterocycles. The molecule has 1 aromatic carbocycles. The number of aromatic nitrogens is 2. The van der Waals surface area contributed by atoms with E-state index in [1.54, 1.807) is 18.5 Å². The molecule has 2 aromatic rings. The van der Waals surface area contributed by atoms with E-state index in [2.05, 4.69) is 9.71 Å². The second kappa shape index (κ2) is 7.59. The Morgan fingerprint density at radius 1 is 1.25 bits per heavy atom. The molecule has 0 aliphatic heterocycles. The zero-order chi connectivity index (χ0) is 17.7. The van der Waals surface area contributed by atoms with E-state index in [4.69, 9.17) is 4.74 Å². The first-order chi connectivity index (χ1) is 11.3. The summed E-state index contributed by atoms with van der Waals surface area (Å²) in [6.07, 6.45) is 1.38. The lowest BCUT2D eigenvalue weighted by Gasteiger charge is -2.06. The van der Waals surface area contributed by atoms with E-state index in [1.807, 2.05) is 31.2 Å². The molecule has 8 heteroatoms. The van der Waals surface area contributed by atoms with E-state index < -0.39 is 16.0 Å². The van der Waals surface area contributed by atoms with Gasteiger partial charge >= 0.3 is 5.97 Å². The van der Waals surface area contributed by atoms with Crippen LogP contribution in [0.25, 0.3) is 0 Å². The van der Waals surface area contributed by atoms with Gasteiger partial charge in [0.15, 0.2) is 5.03 Å². The molecule has 0 aliphatic carbocycles. The van der Waals surface area contributed by atoms with Gasteiger partial charge in [-0.1, -0.05) is 29.8 Å². The van der Waals surface area contributed by atoms with Crippen LogP contribution >= 0.6 is 0 Å². The molecule has 2 rings (SSSR count). The number of nitrogens with zero attached hydrogens (tertiary/aromatic N) is 2. The van der Waals surface area contributed by atoms with Crippen LogP contribution in [0, 0.1) is 13.8 Å². The largest absolute Gasteiger partial charge is 0.461 e. The molecule has 1 N–H and O–H groups in total. The van der Waals surface area contributed by atoms with Crippen molar-refractivity contribution < 1.29 is 17.9 Å². The number of rotatable bonds is 7. The number of nitrogens with one attached hydrogen (secondary N) is 1. The lowest BCUT2D eigenvalue weighted by Crippen LogP contribution is -2.27. The highest BCUT2D eigenvalue weighted by Crippen LogP contribution is 2.08. The summed E-state index contributed by atoms with van der Waals surface area (Å²) < 4.78 is 33.2. The van der Waals surface area contributed by atoms with Crippen LogP contribution in [-0.4, -0.2) is 30.5 Å². The molecule has 0 radical (unpaired) electrons. The molecule has 0 bridgehead atoms. The van der Waals surface area contributed by atoms with Crippen LogP contribution in [0.2, 0.25) is 0 Å². The summed E-state index contributed by atoms with van der Waals surface area (Å²) in [7, 11) is -2.01. The van der Waals surface area contributed by atoms with Gasteiger partial charge in [0.25, 0.3) is 10.0 Å². The monoisotopic (exact) mass is 351 g/mol. The summed E-state index contributed by atoms with van der Waals surface area (Å²) in [5.41, 5.74) is 2.02. The quantitative estimate of drug-likeness (QED) is 0.763. The minimum atomic E-state index is -3.72. The first-order valence-corrected chi connectivity index (χ1v) is 8.97. The summed E-state index contributed by atoms with van der Waals surface area (Å²) in [5.74, 6) is 0.128. The normalized spacial score (nSPS) is 11.5. The second-order valence-electron chi connectivity index (χ2n) is 5.53. The molecular formula is C16H21N3O4S. The first-order valence-electron chi connectivity index (χ1n) is 7.49. The summed E-state index contributed by atoms with van der Waals surface area (Å²) >= 11 is 0. The predicted molar refractivity (Wildman–Crippen MR) is 88.7 cm³/mol. The number of hydrogen-bond acceptors (Lipinski definition) is 5. The number of hydrogen-bond donors (Lipinski definition) is 1. The second-order valence-corrected chi connectivity index (χ2v) is 7.25. The molecule has 1 aromatic heterocycles. The van der Waals surface area contributed by atoms with Crippen molar-refractivity contribution in [1.82, 2.24) is 14.3 Å². The van der Waals surface area contributed by atoms with Crippen molar-refractivity contribution in [2.24, 2.45) is 7.05 Å². The van der Waals surface area contributed by atoms with Gasteiger partial charge < -0.3 is 9.30 Å². The Bertz CT molecular complexity index is 791. The summed E-state index contributed by atoms with van der Waals surface area (Å²) in [5, 5.41) is -0.0597. The highest BCUT2D eigenvalue weighted by Gasteiger charge is 2.18. The minimum Gasteiger partial charge on any atom is -0.461 e. The number of carbonyl (C=O) groups is 1. The van der Waals surface area contributed by atoms with Crippen LogP contribution in [0.1, 0.15) is 23.4 Å². The Balaban J connectivity index is 1.78. The van der Waals surface area contributed by atoms with Crippen molar-refractivity contribution in [3.8, 4) is 0 Å². The van der Waals surface area contributed by atoms with Crippen molar-refractivity contribution >= 4 is 16.0 Å². The zero-order valence-electron chi connectivity index (χ0n) is 13.9. The Labute approximate surface area is 141 Å². The van der Waals surface area contributed by atoms with Crippen LogP contribution in [0.3, 0.4) is 0 Å². The van der Waals surface area contributed by atoms with Crippen LogP contribution in [0.5, 0.6) is 0 Å². The maximum absolute atomic E-state index is 12.1. The number of sulfonamides is 1. The van der Waals surface area contributed by atoms with E-state index in [0.717, 1.165) is 11.1 Å². The smallest absolute Gasteiger partial charge is 0.307 e. The van der Waals surface area contributed by atoms with Crippen LogP contribution in [0.15, 0.2) is 35.5 Å². The summed E-state index contributed by atoms with van der Waals surface area (Å²) in [4.78, 5) is 15.6. The first kappa shape index (κ1) is 18.2. The summed E-state index contributed by atoms with van der Waals surface area (Å²) in [6, 6.07) is 7.64. The Hall–Kier alpha value is -2.19. The Morgan fingerprint density at radius 2 is 1.92 bits per heavy atom. The van der Waals surface area contributed by atoms with Crippen molar-refractivity contribution in [2.45, 2.75) is 31.9 Å². The number of ether oxygens (including phenoxy) is 1. The van der Waals surface area contributed by atoms with E-state index in [-0.39, 0.29) is 24.6 Å². The number of benzene rings is 1. The number of aryl methyl sites for hydroxylation is 3. The molecule has 7 nitrogen and oxygen atoms in total. The average Bonchev–Trinajstić information content (AvgIpc) is 2.87. The summed E-state index contributed by atoms with van der Waals surface area (Å²) in [6.45, 7) is 3.82. The molecule has 0 saturated heterocycles. The van der Waals surface area contributed by atoms with Gasteiger partial charge in [0.2, 0.25) is 0 Å². The number of carbonyl (C=O) groups excluding carboxylic acids is 1. The molecule has 130 valence electrons. The third-order valence-corrected chi connectivity index (χ3v) is 4.84. The SMILES string of the molecule is Cc1ccc(COC(=O)CCNS(=O)(=O)c2cn(C)c(C)n2)cc1. The molecular weight excluding hydrogens is 330 g/mol. The Kier molecular flexibility index (Phi) is 5.74. The highest BCUT2D eigenvalue weighted by atomic mass is 32.2. The lowest BCUT2D eigenvalue weighted by molar-refractivity contribution is -0.144. The van der Waals surface area contributed by atoms with E-state index in [9.17, 15) is 13.2 Å². The van der Waals surface area contributed by atoms with E-state index in [0.29, 0.717) is 5.82 Å². The van der Waals surface area contributed by atoms with Crippen molar-refractivity contribution in [3.63, 3.8) is 0 Å². The van der Waals surface area contributed by atoms with E-state index in [1.165, 1.54) is 6.20 Å². The van der Waals surface area contributed by atoms with Gasteiger partial charge in [0, 0.05) is 19.8 Å². The fraction of sp³-hybridized carbons (Fsp3) is 0.375. The fourth-order valence-corrected chi connectivity index (χ4v) is 3.01. The third-order valence-electron chi connectivity index (χ3n) is 3.50. The predicted octanol–water partition coefficient (Wildman–Crippen LogP) is 1.45. The van der Waals surface area contributed by atoms with Gasteiger partial charge in [-0.05, 0) is 19.4 Å². The topological polar surface area (TPSA) is 90.3 Å². The maximum atomic E-state index is 12.1. The van der Waals surface area contributed by atoms with Gasteiger partial charge in [-0.25, -0.2) is 18.1 Å². The molecule has 0 spiro atoms. The van der Waals surface area contributed by atoms with Crippen molar-refractivity contribution in [1.29, 1.82) is 0 Å².